The summed E-state index contributed by atoms with van der Waals surface area (Å²) in [6, 6.07) is 17.6. The van der Waals surface area contributed by atoms with Gasteiger partial charge in [-0.3, -0.25) is 5.32 Å². The number of benzene rings is 3. The van der Waals surface area contributed by atoms with E-state index in [4.69, 9.17) is 9.47 Å². The molecule has 1 heterocycles. The van der Waals surface area contributed by atoms with Gasteiger partial charge >= 0.3 is 12.1 Å². The Morgan fingerprint density at radius 1 is 0.894 bits per heavy atom. The SMILES string of the molecule is CC(C)[Si](C#Cc1cc(Nc2nccc(Oc3ccc(NC(=O)OC(C)(C)C)c4ccccc34)n2)cc(C(=O)O)c1)(C(C)C)C(C)C. The van der Waals surface area contributed by atoms with Crippen molar-refractivity contribution < 1.29 is 24.2 Å². The molecule has 4 rings (SSSR count). The summed E-state index contributed by atoms with van der Waals surface area (Å²) >= 11 is 0. The van der Waals surface area contributed by atoms with Crippen LogP contribution in [-0.4, -0.2) is 40.8 Å². The molecule has 0 saturated heterocycles. The van der Waals surface area contributed by atoms with E-state index in [1.54, 1.807) is 51.2 Å². The third-order valence-electron chi connectivity index (χ3n) is 8.09. The Balaban J connectivity index is 1.63. The first kappa shape index (κ1) is 35.0. The number of carbonyl (C=O) groups excluding carboxylic acids is 1. The monoisotopic (exact) mass is 652 g/mol. The summed E-state index contributed by atoms with van der Waals surface area (Å²) in [7, 11) is -2.03. The van der Waals surface area contributed by atoms with Gasteiger partial charge in [0.1, 0.15) is 19.4 Å². The number of aromatic carboxylic acids is 1. The van der Waals surface area contributed by atoms with Crippen molar-refractivity contribution in [3.8, 4) is 23.1 Å². The van der Waals surface area contributed by atoms with Gasteiger partial charge in [0.2, 0.25) is 11.8 Å². The zero-order valence-corrected chi connectivity index (χ0v) is 29.6. The van der Waals surface area contributed by atoms with E-state index < -0.39 is 25.7 Å². The molecule has 0 bridgehead atoms. The molecule has 0 fully saturated rings. The lowest BCUT2D eigenvalue weighted by molar-refractivity contribution is 0.0634. The normalized spacial score (nSPS) is 11.7. The zero-order valence-electron chi connectivity index (χ0n) is 28.6. The first-order valence-corrected chi connectivity index (χ1v) is 18.0. The second-order valence-electron chi connectivity index (χ2n) is 13.5. The van der Waals surface area contributed by atoms with Crippen molar-refractivity contribution >= 4 is 48.2 Å². The molecule has 0 unspecified atom stereocenters. The van der Waals surface area contributed by atoms with E-state index in [9.17, 15) is 14.7 Å². The van der Waals surface area contributed by atoms with Gasteiger partial charge in [-0.1, -0.05) is 71.7 Å². The lowest BCUT2D eigenvalue weighted by atomic mass is 10.1. The number of carboxylic acids is 1. The van der Waals surface area contributed by atoms with Crippen molar-refractivity contribution in [3.63, 3.8) is 0 Å². The van der Waals surface area contributed by atoms with Crippen LogP contribution in [0.4, 0.5) is 22.1 Å². The van der Waals surface area contributed by atoms with Gasteiger partial charge in [0.05, 0.1) is 11.3 Å². The number of rotatable bonds is 9. The van der Waals surface area contributed by atoms with Gasteiger partial charge in [-0.05, 0) is 67.7 Å². The molecule has 246 valence electrons. The van der Waals surface area contributed by atoms with E-state index in [1.807, 2.05) is 30.3 Å². The van der Waals surface area contributed by atoms with Crippen LogP contribution in [-0.2, 0) is 4.74 Å². The number of ether oxygens (including phenoxy) is 2. The number of nitrogens with one attached hydrogen (secondary N) is 2. The Morgan fingerprint density at radius 3 is 2.17 bits per heavy atom. The summed E-state index contributed by atoms with van der Waals surface area (Å²) in [6.07, 6.45) is 1.01. The quantitative estimate of drug-likeness (QED) is 0.121. The minimum atomic E-state index is -2.03. The molecular weight excluding hydrogens is 609 g/mol. The summed E-state index contributed by atoms with van der Waals surface area (Å²) in [5, 5.41) is 17.3. The summed E-state index contributed by atoms with van der Waals surface area (Å²) < 4.78 is 11.6. The molecule has 3 aromatic carbocycles. The Labute approximate surface area is 278 Å². The maximum Gasteiger partial charge on any atom is 0.412 e. The average Bonchev–Trinajstić information content (AvgIpc) is 2.97. The van der Waals surface area contributed by atoms with E-state index in [0.29, 0.717) is 39.3 Å². The minimum absolute atomic E-state index is 0.115. The van der Waals surface area contributed by atoms with Crippen molar-refractivity contribution in [2.24, 2.45) is 0 Å². The Hall–Kier alpha value is -4.88. The van der Waals surface area contributed by atoms with Gasteiger partial charge in [-0.2, -0.15) is 4.98 Å². The molecule has 47 heavy (non-hydrogen) atoms. The first-order valence-electron chi connectivity index (χ1n) is 15.8. The van der Waals surface area contributed by atoms with E-state index in [0.717, 1.165) is 10.8 Å². The third kappa shape index (κ3) is 8.48. The van der Waals surface area contributed by atoms with Gasteiger partial charge in [-0.15, -0.1) is 5.54 Å². The Bertz CT molecular complexity index is 1810. The van der Waals surface area contributed by atoms with Gasteiger partial charge in [0.15, 0.2) is 0 Å². The smallest absolute Gasteiger partial charge is 0.412 e. The standard InChI is InChI=1S/C37H44N4O5Si/c1-23(2)47(24(3)4,25(5)6)19-17-26-20-27(34(42)43)22-28(21-26)39-35-38-18-16-33(41-35)45-32-15-14-31(29-12-10-11-13-30(29)32)40-36(44)46-37(7,8)9/h10-16,18,20-25H,1-9H3,(H,40,44)(H,42,43)(H,38,39,41). The van der Waals surface area contributed by atoms with E-state index in [-0.39, 0.29) is 17.4 Å². The number of carboxylic acid groups (broad SMARTS) is 1. The molecule has 0 spiro atoms. The molecule has 1 amide bonds. The van der Waals surface area contributed by atoms with Crippen LogP contribution in [0, 0.1) is 11.5 Å². The number of hydrogen-bond donors (Lipinski definition) is 3. The predicted octanol–water partition coefficient (Wildman–Crippen LogP) is 9.78. The van der Waals surface area contributed by atoms with Gasteiger partial charge in [0, 0.05) is 34.3 Å². The lowest BCUT2D eigenvalue weighted by Gasteiger charge is -2.38. The molecule has 0 radical (unpaired) electrons. The van der Waals surface area contributed by atoms with Crippen molar-refractivity contribution in [2.45, 2.75) is 84.5 Å². The highest BCUT2D eigenvalue weighted by Crippen LogP contribution is 2.41. The molecule has 4 aromatic rings. The third-order valence-corrected chi connectivity index (χ3v) is 14.4. The maximum atomic E-state index is 12.4. The predicted molar refractivity (Wildman–Crippen MR) is 191 cm³/mol. The average molecular weight is 653 g/mol. The molecular formula is C37H44N4O5Si. The zero-order chi connectivity index (χ0) is 34.5. The number of nitrogens with zero attached hydrogens (tertiary/aromatic N) is 2. The second-order valence-corrected chi connectivity index (χ2v) is 19.1. The summed E-state index contributed by atoms with van der Waals surface area (Å²) in [5.41, 5.74) is 6.19. The summed E-state index contributed by atoms with van der Waals surface area (Å²) in [6.45, 7) is 18.9. The van der Waals surface area contributed by atoms with Gasteiger partial charge < -0.3 is 19.9 Å². The molecule has 0 saturated carbocycles. The van der Waals surface area contributed by atoms with E-state index in [1.165, 1.54) is 6.07 Å². The van der Waals surface area contributed by atoms with Crippen LogP contribution < -0.4 is 15.4 Å². The number of aromatic nitrogens is 2. The van der Waals surface area contributed by atoms with E-state index in [2.05, 4.69) is 73.6 Å². The number of amides is 1. The molecule has 0 aliphatic heterocycles. The fraction of sp³-hybridized carbons (Fsp3) is 0.351. The fourth-order valence-electron chi connectivity index (χ4n) is 6.09. The van der Waals surface area contributed by atoms with Crippen LogP contribution in [0.15, 0.2) is 66.9 Å². The largest absolute Gasteiger partial charge is 0.478 e. The van der Waals surface area contributed by atoms with Crippen molar-refractivity contribution in [1.29, 1.82) is 0 Å². The maximum absolute atomic E-state index is 12.4. The van der Waals surface area contributed by atoms with Crippen molar-refractivity contribution in [3.05, 3.63) is 78.0 Å². The number of carbonyl (C=O) groups is 2. The highest BCUT2D eigenvalue weighted by molar-refractivity contribution is 6.90. The minimum Gasteiger partial charge on any atom is -0.478 e. The molecule has 0 aliphatic rings. The van der Waals surface area contributed by atoms with Crippen LogP contribution in [0.5, 0.6) is 11.6 Å². The molecule has 9 nitrogen and oxygen atoms in total. The summed E-state index contributed by atoms with van der Waals surface area (Å²) in [5.74, 6) is 3.33. The highest BCUT2D eigenvalue weighted by atomic mass is 28.3. The van der Waals surface area contributed by atoms with Crippen molar-refractivity contribution in [1.82, 2.24) is 9.97 Å². The number of anilines is 3. The lowest BCUT2D eigenvalue weighted by Crippen LogP contribution is -2.43. The molecule has 3 N–H and O–H groups in total. The van der Waals surface area contributed by atoms with E-state index >= 15 is 0 Å². The van der Waals surface area contributed by atoms with Crippen LogP contribution in [0.3, 0.4) is 0 Å². The molecule has 0 aliphatic carbocycles. The van der Waals surface area contributed by atoms with Gasteiger partial charge in [0.25, 0.3) is 0 Å². The highest BCUT2D eigenvalue weighted by Gasteiger charge is 2.41. The van der Waals surface area contributed by atoms with Gasteiger partial charge in [-0.25, -0.2) is 14.6 Å². The topological polar surface area (TPSA) is 123 Å². The van der Waals surface area contributed by atoms with Crippen LogP contribution >= 0.6 is 0 Å². The molecule has 10 heteroatoms. The molecule has 0 atom stereocenters. The van der Waals surface area contributed by atoms with Crippen LogP contribution in [0.25, 0.3) is 10.8 Å². The summed E-state index contributed by atoms with van der Waals surface area (Å²) in [4.78, 5) is 33.4. The Morgan fingerprint density at radius 2 is 1.55 bits per heavy atom. The van der Waals surface area contributed by atoms with Crippen LogP contribution in [0.1, 0.15) is 78.2 Å². The van der Waals surface area contributed by atoms with Crippen LogP contribution in [0.2, 0.25) is 16.6 Å². The first-order chi connectivity index (χ1) is 22.1. The second kappa shape index (κ2) is 14.3. The Kier molecular flexibility index (Phi) is 10.6. The number of fused-ring (bicyclic) bond motifs is 1. The fourth-order valence-corrected chi connectivity index (χ4v) is 11.3. The molecule has 1 aromatic heterocycles. The number of hydrogen-bond acceptors (Lipinski definition) is 7. The van der Waals surface area contributed by atoms with Crippen molar-refractivity contribution in [2.75, 3.05) is 10.6 Å².